The molecule has 2 aromatic rings. The minimum Gasteiger partial charge on any atom is -0.465 e. The van der Waals surface area contributed by atoms with Gasteiger partial charge in [0.2, 0.25) is 5.91 Å². The second kappa shape index (κ2) is 8.11. The Morgan fingerprint density at radius 2 is 1.85 bits per heavy atom. The lowest BCUT2D eigenvalue weighted by atomic mass is 10.1. The van der Waals surface area contributed by atoms with Gasteiger partial charge in [-0.25, -0.2) is 4.79 Å². The van der Waals surface area contributed by atoms with E-state index in [1.165, 1.54) is 49.4 Å². The zero-order valence-corrected chi connectivity index (χ0v) is 15.0. The van der Waals surface area contributed by atoms with Crippen molar-refractivity contribution in [1.82, 2.24) is 4.90 Å². The number of hydrogen-bond acceptors (Lipinski definition) is 4. The number of halogens is 3. The molecular formula is C19H18F3NO4. The van der Waals surface area contributed by atoms with E-state index < -0.39 is 17.7 Å². The number of benzene rings is 1. The molecule has 5 nitrogen and oxygen atoms in total. The van der Waals surface area contributed by atoms with Crippen LogP contribution in [0.1, 0.15) is 33.0 Å². The number of furan rings is 1. The molecule has 1 aromatic heterocycles. The summed E-state index contributed by atoms with van der Waals surface area (Å²) in [5.74, 6) is -0.105. The smallest absolute Gasteiger partial charge is 0.416 e. The van der Waals surface area contributed by atoms with E-state index in [0.717, 1.165) is 12.1 Å². The summed E-state index contributed by atoms with van der Waals surface area (Å²) in [5.41, 5.74) is -0.00194. The largest absolute Gasteiger partial charge is 0.465 e. The Labute approximate surface area is 154 Å². The Bertz CT molecular complexity index is 851. The van der Waals surface area contributed by atoms with E-state index >= 15 is 0 Å². The van der Waals surface area contributed by atoms with Crippen molar-refractivity contribution in [2.45, 2.75) is 19.6 Å². The van der Waals surface area contributed by atoms with Gasteiger partial charge in [-0.3, -0.25) is 4.79 Å². The summed E-state index contributed by atoms with van der Waals surface area (Å²) in [4.78, 5) is 25.1. The lowest BCUT2D eigenvalue weighted by Crippen LogP contribution is -2.23. The van der Waals surface area contributed by atoms with Crippen molar-refractivity contribution in [2.24, 2.45) is 0 Å². The number of amides is 1. The van der Waals surface area contributed by atoms with E-state index in [0.29, 0.717) is 17.1 Å². The first kappa shape index (κ1) is 20.3. The van der Waals surface area contributed by atoms with Gasteiger partial charge < -0.3 is 14.1 Å². The van der Waals surface area contributed by atoms with Crippen molar-refractivity contribution in [3.05, 3.63) is 64.6 Å². The van der Waals surface area contributed by atoms with Crippen LogP contribution in [-0.2, 0) is 22.3 Å². The highest BCUT2D eigenvalue weighted by Gasteiger charge is 2.29. The first-order valence-electron chi connectivity index (χ1n) is 7.90. The number of carbonyl (C=O) groups is 2. The maximum absolute atomic E-state index is 12.5. The molecule has 1 heterocycles. The molecule has 1 aromatic carbocycles. The molecule has 0 aliphatic rings. The number of esters is 1. The quantitative estimate of drug-likeness (QED) is 0.579. The second-order valence-electron chi connectivity index (χ2n) is 5.82. The fourth-order valence-corrected chi connectivity index (χ4v) is 2.32. The highest BCUT2D eigenvalue weighted by molar-refractivity contribution is 5.92. The summed E-state index contributed by atoms with van der Waals surface area (Å²) >= 11 is 0. The zero-order valence-electron chi connectivity index (χ0n) is 15.0. The van der Waals surface area contributed by atoms with Gasteiger partial charge in [0.05, 0.1) is 19.2 Å². The summed E-state index contributed by atoms with van der Waals surface area (Å²) in [6.07, 6.45) is -1.73. The first-order chi connectivity index (χ1) is 12.6. The van der Waals surface area contributed by atoms with E-state index in [2.05, 4.69) is 4.74 Å². The number of carbonyl (C=O) groups excluding carboxylic acids is 2. The standard InChI is InChI=1S/C19H18F3NO4/c1-12-16(18(25)26-3)10-15(27-12)11-23(2)17(24)9-6-13-4-7-14(8-5-13)19(20,21)22/h4-10H,11H2,1-3H3/b9-6+. The van der Waals surface area contributed by atoms with Crippen molar-refractivity contribution in [1.29, 1.82) is 0 Å². The fraction of sp³-hybridized carbons (Fsp3) is 0.263. The number of nitrogens with zero attached hydrogens (tertiary/aromatic N) is 1. The number of methoxy groups -OCH3 is 1. The van der Waals surface area contributed by atoms with Gasteiger partial charge in [0.1, 0.15) is 17.1 Å². The maximum atomic E-state index is 12.5. The van der Waals surface area contributed by atoms with Gasteiger partial charge in [0, 0.05) is 13.1 Å². The van der Waals surface area contributed by atoms with Crippen molar-refractivity contribution < 1.29 is 31.9 Å². The fourth-order valence-electron chi connectivity index (χ4n) is 2.32. The molecular weight excluding hydrogens is 363 g/mol. The third kappa shape index (κ3) is 5.22. The van der Waals surface area contributed by atoms with Gasteiger partial charge in [-0.2, -0.15) is 13.2 Å². The average molecular weight is 381 g/mol. The number of likely N-dealkylation sites (N-methyl/N-ethyl adjacent to an activating group) is 1. The predicted octanol–water partition coefficient (Wildman–Crippen LogP) is 4.07. The van der Waals surface area contributed by atoms with Gasteiger partial charge in [-0.05, 0) is 36.8 Å². The summed E-state index contributed by atoms with van der Waals surface area (Å²) in [6, 6.07) is 5.97. The van der Waals surface area contributed by atoms with Crippen LogP contribution in [0.4, 0.5) is 13.2 Å². The molecule has 0 saturated carbocycles. The van der Waals surface area contributed by atoms with Crippen molar-refractivity contribution in [3.8, 4) is 0 Å². The summed E-state index contributed by atoms with van der Waals surface area (Å²) in [7, 11) is 2.80. The summed E-state index contributed by atoms with van der Waals surface area (Å²) < 4.78 is 47.7. The molecule has 0 atom stereocenters. The van der Waals surface area contributed by atoms with Crippen LogP contribution in [0.25, 0.3) is 6.08 Å². The molecule has 8 heteroatoms. The van der Waals surface area contributed by atoms with E-state index in [4.69, 9.17) is 4.42 Å². The lowest BCUT2D eigenvalue weighted by molar-refractivity contribution is -0.137. The van der Waals surface area contributed by atoms with Crippen LogP contribution in [0.3, 0.4) is 0 Å². The minimum absolute atomic E-state index is 0.119. The Morgan fingerprint density at radius 3 is 2.41 bits per heavy atom. The van der Waals surface area contributed by atoms with Crippen LogP contribution < -0.4 is 0 Å². The van der Waals surface area contributed by atoms with E-state index in [1.807, 2.05) is 0 Å². The van der Waals surface area contributed by atoms with Crippen molar-refractivity contribution >= 4 is 18.0 Å². The molecule has 0 spiro atoms. The number of rotatable bonds is 5. The Kier molecular flexibility index (Phi) is 6.09. The van der Waals surface area contributed by atoms with Crippen LogP contribution in [0.15, 0.2) is 40.8 Å². The van der Waals surface area contributed by atoms with Gasteiger partial charge in [-0.15, -0.1) is 0 Å². The summed E-state index contributed by atoms with van der Waals surface area (Å²) in [5, 5.41) is 0. The number of alkyl halides is 3. The Morgan fingerprint density at radius 1 is 1.22 bits per heavy atom. The second-order valence-corrected chi connectivity index (χ2v) is 5.82. The molecule has 0 unspecified atom stereocenters. The van der Waals surface area contributed by atoms with Crippen molar-refractivity contribution in [2.75, 3.05) is 14.2 Å². The third-order valence-corrected chi connectivity index (χ3v) is 3.80. The van der Waals surface area contributed by atoms with E-state index in [1.54, 1.807) is 6.92 Å². The van der Waals surface area contributed by atoms with Gasteiger partial charge >= 0.3 is 12.1 Å². The molecule has 0 fully saturated rings. The molecule has 0 N–H and O–H groups in total. The van der Waals surface area contributed by atoms with Crippen LogP contribution in [0, 0.1) is 6.92 Å². The molecule has 2 rings (SSSR count). The Hall–Kier alpha value is -3.03. The lowest BCUT2D eigenvalue weighted by Gasteiger charge is -2.13. The van der Waals surface area contributed by atoms with Crippen LogP contribution in [-0.4, -0.2) is 30.9 Å². The topological polar surface area (TPSA) is 59.8 Å². The van der Waals surface area contributed by atoms with E-state index in [-0.39, 0.29) is 18.0 Å². The third-order valence-electron chi connectivity index (χ3n) is 3.80. The maximum Gasteiger partial charge on any atom is 0.416 e. The zero-order chi connectivity index (χ0) is 20.2. The monoisotopic (exact) mass is 381 g/mol. The van der Waals surface area contributed by atoms with Gasteiger partial charge in [0.15, 0.2) is 0 Å². The molecule has 0 aliphatic carbocycles. The Balaban J connectivity index is 2.01. The molecule has 0 radical (unpaired) electrons. The molecule has 0 saturated heterocycles. The first-order valence-corrected chi connectivity index (χ1v) is 7.90. The average Bonchev–Trinajstić information content (AvgIpc) is 2.98. The van der Waals surface area contributed by atoms with Gasteiger partial charge in [-0.1, -0.05) is 12.1 Å². The van der Waals surface area contributed by atoms with Crippen LogP contribution in [0.5, 0.6) is 0 Å². The normalized spacial score (nSPS) is 11.6. The predicted molar refractivity (Wildman–Crippen MR) is 91.7 cm³/mol. The van der Waals surface area contributed by atoms with Crippen LogP contribution in [0.2, 0.25) is 0 Å². The number of hydrogen-bond donors (Lipinski definition) is 0. The number of ether oxygens (including phenoxy) is 1. The highest BCUT2D eigenvalue weighted by Crippen LogP contribution is 2.29. The molecule has 0 bridgehead atoms. The summed E-state index contributed by atoms with van der Waals surface area (Å²) in [6.45, 7) is 1.73. The highest BCUT2D eigenvalue weighted by atomic mass is 19.4. The molecule has 27 heavy (non-hydrogen) atoms. The van der Waals surface area contributed by atoms with Crippen LogP contribution >= 0.6 is 0 Å². The van der Waals surface area contributed by atoms with E-state index in [9.17, 15) is 22.8 Å². The molecule has 1 amide bonds. The minimum atomic E-state index is -4.40. The van der Waals surface area contributed by atoms with Crippen molar-refractivity contribution in [3.63, 3.8) is 0 Å². The molecule has 0 aliphatic heterocycles. The molecule has 144 valence electrons. The van der Waals surface area contributed by atoms with Gasteiger partial charge in [0.25, 0.3) is 0 Å². The number of aryl methyl sites for hydroxylation is 1. The SMILES string of the molecule is COC(=O)c1cc(CN(C)C(=O)/C=C/c2ccc(C(F)(F)F)cc2)oc1C.